The van der Waals surface area contributed by atoms with Gasteiger partial charge in [-0.05, 0) is 30.5 Å². The van der Waals surface area contributed by atoms with Crippen molar-refractivity contribution in [1.82, 2.24) is 9.97 Å². The van der Waals surface area contributed by atoms with Gasteiger partial charge in [0.25, 0.3) is 0 Å². The Labute approximate surface area is 225 Å². The number of ether oxygens (including phenoxy) is 2. The van der Waals surface area contributed by atoms with Crippen LogP contribution in [0.15, 0.2) is 29.3 Å². The summed E-state index contributed by atoms with van der Waals surface area (Å²) in [7, 11) is -2.46. The van der Waals surface area contributed by atoms with Crippen LogP contribution in [-0.4, -0.2) is 76.0 Å². The van der Waals surface area contributed by atoms with Crippen LogP contribution in [0.1, 0.15) is 42.4 Å². The summed E-state index contributed by atoms with van der Waals surface area (Å²) in [5, 5.41) is 0. The van der Waals surface area contributed by atoms with Crippen molar-refractivity contribution >= 4 is 33.4 Å². The molecule has 0 aliphatic carbocycles. The summed E-state index contributed by atoms with van der Waals surface area (Å²) in [6.45, 7) is 6.09. The van der Waals surface area contributed by atoms with Crippen LogP contribution in [-0.2, 0) is 36.7 Å². The number of carbonyl (C=O) groups excluding carboxylic acids is 2. The van der Waals surface area contributed by atoms with Crippen LogP contribution in [0.4, 0.5) is 24.8 Å². The molecule has 0 unspecified atom stereocenters. The van der Waals surface area contributed by atoms with Gasteiger partial charge in [0.2, 0.25) is 5.95 Å². The molecule has 0 amide bonds. The van der Waals surface area contributed by atoms with Crippen molar-refractivity contribution in [3.05, 3.63) is 41.2 Å². The smallest absolute Gasteiger partial charge is 0.434 e. The lowest BCUT2D eigenvalue weighted by Crippen LogP contribution is -2.56. The highest BCUT2D eigenvalue weighted by atomic mass is 32.2. The number of piperazine rings is 1. The first-order chi connectivity index (χ1) is 18.2. The predicted octanol–water partition coefficient (Wildman–Crippen LogP) is 3.14. The molecule has 1 aromatic carbocycles. The lowest BCUT2D eigenvalue weighted by Gasteiger charge is -2.44. The molecule has 1 aliphatic heterocycles. The molecule has 1 saturated heterocycles. The lowest BCUT2D eigenvalue weighted by molar-refractivity contribution is -0.142. The molecule has 0 N–H and O–H groups in total. The molecule has 214 valence electrons. The number of hydrogen-bond acceptors (Lipinski definition) is 10. The minimum absolute atomic E-state index is 0.00151. The van der Waals surface area contributed by atoms with Crippen molar-refractivity contribution in [2.24, 2.45) is 5.92 Å². The number of sulfone groups is 1. The molecule has 39 heavy (non-hydrogen) atoms. The number of rotatable bonds is 8. The topological polar surface area (TPSA) is 119 Å². The Hall–Kier alpha value is -3.42. The molecule has 1 aliphatic rings. The summed E-state index contributed by atoms with van der Waals surface area (Å²) in [5.74, 6) is -1.95. The van der Waals surface area contributed by atoms with E-state index in [4.69, 9.17) is 4.74 Å². The fourth-order valence-electron chi connectivity index (χ4n) is 4.41. The van der Waals surface area contributed by atoms with Crippen LogP contribution in [0.25, 0.3) is 0 Å². The monoisotopic (exact) mass is 572 g/mol. The summed E-state index contributed by atoms with van der Waals surface area (Å²) < 4.78 is 75.8. The van der Waals surface area contributed by atoms with Crippen molar-refractivity contribution in [3.8, 4) is 0 Å². The van der Waals surface area contributed by atoms with Gasteiger partial charge >= 0.3 is 18.1 Å². The van der Waals surface area contributed by atoms with Crippen LogP contribution in [0.2, 0.25) is 0 Å². The van der Waals surface area contributed by atoms with Gasteiger partial charge in [-0.15, -0.1) is 0 Å². The van der Waals surface area contributed by atoms with E-state index in [1.165, 1.54) is 20.1 Å². The maximum Gasteiger partial charge on any atom is 0.434 e. The van der Waals surface area contributed by atoms with Crippen molar-refractivity contribution < 1.29 is 40.7 Å². The number of anilines is 2. The summed E-state index contributed by atoms with van der Waals surface area (Å²) in [6, 6.07) is 4.41. The Kier molecular flexibility index (Phi) is 9.08. The van der Waals surface area contributed by atoms with Crippen molar-refractivity contribution in [3.63, 3.8) is 0 Å². The number of nitrogens with zero attached hydrogens (tertiary/aromatic N) is 4. The summed E-state index contributed by atoms with van der Waals surface area (Å²) >= 11 is 0. The summed E-state index contributed by atoms with van der Waals surface area (Å²) in [5.41, 5.74) is -1.23. The van der Waals surface area contributed by atoms with Gasteiger partial charge in [-0.3, -0.25) is 4.79 Å². The van der Waals surface area contributed by atoms with E-state index in [-0.39, 0.29) is 42.4 Å². The van der Waals surface area contributed by atoms with E-state index in [0.717, 1.165) is 12.5 Å². The highest BCUT2D eigenvalue weighted by Gasteiger charge is 2.40. The Morgan fingerprint density at radius 3 is 2.46 bits per heavy atom. The van der Waals surface area contributed by atoms with E-state index in [1.54, 1.807) is 17.0 Å². The number of alkyl halides is 3. The number of esters is 2. The standard InChI is InChI=1S/C25H31F3N4O6S/c1-6-38-23(34)18-13-29-24(30-22(18)25(26,27)28)32-10-9-31(14-19(32)15(2)3)17-8-7-16(11-21(33)37-4)20(12-17)39(5,35)36/h7-8,12-13,15,19H,6,9-11,14H2,1-5H3/t19-/m0/s1. The minimum atomic E-state index is -4.90. The SMILES string of the molecule is CCOC(=O)c1cnc(N2CCN(c3ccc(CC(=O)OC)c(S(C)(=O)=O)c3)C[C@H]2C(C)C)nc1C(F)(F)F. The zero-order valence-corrected chi connectivity index (χ0v) is 23.1. The molecule has 0 bridgehead atoms. The predicted molar refractivity (Wildman–Crippen MR) is 136 cm³/mol. The summed E-state index contributed by atoms with van der Waals surface area (Å²) in [6.07, 6.45) is -3.21. The molecular formula is C25H31F3N4O6S. The van der Waals surface area contributed by atoms with Crippen LogP contribution in [0, 0.1) is 5.92 Å². The molecule has 1 atom stereocenters. The fraction of sp³-hybridized carbons (Fsp3) is 0.520. The highest BCUT2D eigenvalue weighted by Crippen LogP contribution is 2.34. The third-order valence-corrected chi connectivity index (χ3v) is 7.54. The minimum Gasteiger partial charge on any atom is -0.469 e. The van der Waals surface area contributed by atoms with Crippen molar-refractivity contribution in [1.29, 1.82) is 0 Å². The van der Waals surface area contributed by atoms with Crippen LogP contribution < -0.4 is 9.80 Å². The van der Waals surface area contributed by atoms with Gasteiger partial charge in [0.15, 0.2) is 15.5 Å². The first kappa shape index (κ1) is 30.1. The quantitative estimate of drug-likeness (QED) is 0.437. The number of benzene rings is 1. The van der Waals surface area contributed by atoms with Gasteiger partial charge in [0, 0.05) is 37.8 Å². The van der Waals surface area contributed by atoms with E-state index >= 15 is 0 Å². The van der Waals surface area contributed by atoms with Crippen LogP contribution in [0.3, 0.4) is 0 Å². The molecule has 2 aromatic rings. The Morgan fingerprint density at radius 2 is 1.90 bits per heavy atom. The first-order valence-corrected chi connectivity index (χ1v) is 14.1. The van der Waals surface area contributed by atoms with Crippen LogP contribution >= 0.6 is 0 Å². The van der Waals surface area contributed by atoms with Gasteiger partial charge in [-0.1, -0.05) is 19.9 Å². The maximum atomic E-state index is 13.8. The normalized spacial score (nSPS) is 16.4. The average molecular weight is 573 g/mol. The third-order valence-electron chi connectivity index (χ3n) is 6.36. The molecule has 0 spiro atoms. The molecule has 1 aromatic heterocycles. The Balaban J connectivity index is 1.95. The van der Waals surface area contributed by atoms with E-state index in [0.29, 0.717) is 24.3 Å². The van der Waals surface area contributed by atoms with Gasteiger partial charge in [0.1, 0.15) is 5.56 Å². The highest BCUT2D eigenvalue weighted by molar-refractivity contribution is 7.90. The zero-order chi connectivity index (χ0) is 29.1. The Morgan fingerprint density at radius 1 is 1.21 bits per heavy atom. The largest absolute Gasteiger partial charge is 0.469 e. The molecule has 14 heteroatoms. The number of methoxy groups -OCH3 is 1. The van der Waals surface area contributed by atoms with Gasteiger partial charge in [0.05, 0.1) is 31.1 Å². The second-order valence-electron chi connectivity index (χ2n) is 9.42. The van der Waals surface area contributed by atoms with E-state index in [9.17, 15) is 31.2 Å². The molecule has 1 fully saturated rings. The van der Waals surface area contributed by atoms with Gasteiger partial charge in [-0.2, -0.15) is 13.2 Å². The second kappa shape index (κ2) is 11.8. The molecule has 10 nitrogen and oxygen atoms in total. The molecular weight excluding hydrogens is 541 g/mol. The number of aromatic nitrogens is 2. The fourth-order valence-corrected chi connectivity index (χ4v) is 5.36. The van der Waals surface area contributed by atoms with Crippen molar-refractivity contribution in [2.75, 3.05) is 49.4 Å². The van der Waals surface area contributed by atoms with Gasteiger partial charge in [-0.25, -0.2) is 23.2 Å². The molecule has 2 heterocycles. The van der Waals surface area contributed by atoms with Crippen molar-refractivity contribution in [2.45, 2.75) is 44.3 Å². The third kappa shape index (κ3) is 6.97. The average Bonchev–Trinajstić information content (AvgIpc) is 2.87. The molecule has 0 radical (unpaired) electrons. The van der Waals surface area contributed by atoms with Crippen LogP contribution in [0.5, 0.6) is 0 Å². The molecule has 3 rings (SSSR count). The van der Waals surface area contributed by atoms with E-state index in [1.807, 2.05) is 18.7 Å². The lowest BCUT2D eigenvalue weighted by atomic mass is 9.99. The first-order valence-electron chi connectivity index (χ1n) is 12.2. The Bertz CT molecular complexity index is 1330. The van der Waals surface area contributed by atoms with Gasteiger partial charge < -0.3 is 19.3 Å². The maximum absolute atomic E-state index is 13.8. The molecule has 0 saturated carbocycles. The zero-order valence-electron chi connectivity index (χ0n) is 22.3. The van der Waals surface area contributed by atoms with E-state index < -0.39 is 39.2 Å². The second-order valence-corrected chi connectivity index (χ2v) is 11.4. The van der Waals surface area contributed by atoms with E-state index in [2.05, 4.69) is 14.7 Å². The number of carbonyl (C=O) groups is 2. The summed E-state index contributed by atoms with van der Waals surface area (Å²) in [4.78, 5) is 35.3. The number of hydrogen-bond donors (Lipinski definition) is 0. The number of halogens is 3.